The molecule has 0 radical (unpaired) electrons. The summed E-state index contributed by atoms with van der Waals surface area (Å²) in [5.74, 6) is 3.05. The number of nitrogens with one attached hydrogen (secondary N) is 1. The summed E-state index contributed by atoms with van der Waals surface area (Å²) in [6.07, 6.45) is 9.99. The number of amides is 1. The van der Waals surface area contributed by atoms with E-state index in [4.69, 9.17) is 4.74 Å². The number of carbonyl (C=O) groups excluding carboxylic acids is 1. The molecule has 5 nitrogen and oxygen atoms in total. The zero-order chi connectivity index (χ0) is 17.4. The van der Waals surface area contributed by atoms with Gasteiger partial charge in [0.1, 0.15) is 0 Å². The molecule has 1 aromatic carbocycles. The van der Waals surface area contributed by atoms with Crippen LogP contribution in [-0.2, 0) is 4.79 Å². The predicted molar refractivity (Wildman–Crippen MR) is 95.6 cm³/mol. The van der Waals surface area contributed by atoms with Gasteiger partial charge in [-0.1, -0.05) is 0 Å². The fourth-order valence-corrected chi connectivity index (χ4v) is 5.85. The molecule has 1 aromatic rings. The molecular weight excluding hydrogens is 316 g/mol. The number of hydrogen-bond acceptors (Lipinski definition) is 4. The Morgan fingerprint density at radius 3 is 2.48 bits per heavy atom. The van der Waals surface area contributed by atoms with Crippen molar-refractivity contribution < 1.29 is 14.6 Å². The van der Waals surface area contributed by atoms with Crippen LogP contribution in [0.1, 0.15) is 50.5 Å². The lowest BCUT2D eigenvalue weighted by Gasteiger charge is -2.56. The molecule has 0 heterocycles. The molecule has 0 unspecified atom stereocenters. The van der Waals surface area contributed by atoms with E-state index < -0.39 is 0 Å². The maximum Gasteiger partial charge on any atom is 0.240 e. The van der Waals surface area contributed by atoms with E-state index in [2.05, 4.69) is 10.5 Å². The molecule has 2 N–H and O–H groups in total. The molecule has 5 heteroatoms. The van der Waals surface area contributed by atoms with Gasteiger partial charge in [0, 0.05) is 6.42 Å². The van der Waals surface area contributed by atoms with E-state index in [1.807, 2.05) is 0 Å². The molecule has 0 aromatic heterocycles. The number of ether oxygens (including phenoxy) is 1. The fourth-order valence-electron chi connectivity index (χ4n) is 5.85. The maximum atomic E-state index is 12.4. The van der Waals surface area contributed by atoms with Crippen LogP contribution in [0.2, 0.25) is 0 Å². The van der Waals surface area contributed by atoms with Gasteiger partial charge in [0.2, 0.25) is 5.91 Å². The van der Waals surface area contributed by atoms with E-state index in [0.29, 0.717) is 17.7 Å². The summed E-state index contributed by atoms with van der Waals surface area (Å²) in [5, 5.41) is 13.8. The van der Waals surface area contributed by atoms with Crippen LogP contribution in [0.3, 0.4) is 0 Å². The number of phenols is 1. The molecule has 4 bridgehead atoms. The lowest BCUT2D eigenvalue weighted by atomic mass is 9.49. The third-order valence-electron chi connectivity index (χ3n) is 6.31. The van der Waals surface area contributed by atoms with Crippen molar-refractivity contribution in [3.63, 3.8) is 0 Å². The molecule has 1 amide bonds. The van der Waals surface area contributed by atoms with Crippen LogP contribution in [0.15, 0.2) is 23.3 Å². The normalized spacial score (nSPS) is 32.9. The van der Waals surface area contributed by atoms with Crippen molar-refractivity contribution in [3.8, 4) is 11.5 Å². The Morgan fingerprint density at radius 2 is 1.92 bits per heavy atom. The Bertz CT molecular complexity index is 663. The molecule has 0 spiro atoms. The van der Waals surface area contributed by atoms with Crippen molar-refractivity contribution in [1.29, 1.82) is 0 Å². The van der Waals surface area contributed by atoms with Crippen LogP contribution in [0.4, 0.5) is 0 Å². The average molecular weight is 342 g/mol. The lowest BCUT2D eigenvalue weighted by Crippen LogP contribution is -2.47. The van der Waals surface area contributed by atoms with Crippen LogP contribution < -0.4 is 10.2 Å². The van der Waals surface area contributed by atoms with Gasteiger partial charge in [0.25, 0.3) is 0 Å². The molecule has 4 saturated carbocycles. The van der Waals surface area contributed by atoms with E-state index >= 15 is 0 Å². The number of phenolic OH excluding ortho intramolecular Hbond substituents is 1. The highest BCUT2D eigenvalue weighted by atomic mass is 16.5. The molecule has 25 heavy (non-hydrogen) atoms. The van der Waals surface area contributed by atoms with E-state index in [0.717, 1.165) is 17.8 Å². The number of nitrogens with zero attached hydrogens (tertiary/aromatic N) is 1. The van der Waals surface area contributed by atoms with E-state index in [1.165, 1.54) is 45.6 Å². The van der Waals surface area contributed by atoms with Crippen molar-refractivity contribution in [2.75, 3.05) is 7.11 Å². The number of carbonyl (C=O) groups is 1. The van der Waals surface area contributed by atoms with Gasteiger partial charge in [-0.05, 0) is 85.5 Å². The molecule has 4 aliphatic carbocycles. The van der Waals surface area contributed by atoms with Crippen molar-refractivity contribution in [2.45, 2.75) is 44.9 Å². The van der Waals surface area contributed by atoms with E-state index in [1.54, 1.807) is 24.4 Å². The summed E-state index contributed by atoms with van der Waals surface area (Å²) in [5.41, 5.74) is 3.62. The molecule has 4 aliphatic rings. The van der Waals surface area contributed by atoms with Crippen LogP contribution in [0, 0.1) is 23.2 Å². The highest BCUT2D eigenvalue weighted by Crippen LogP contribution is 2.61. The minimum Gasteiger partial charge on any atom is -0.504 e. The predicted octanol–water partition coefficient (Wildman–Crippen LogP) is 3.46. The summed E-state index contributed by atoms with van der Waals surface area (Å²) in [7, 11) is 1.51. The van der Waals surface area contributed by atoms with Gasteiger partial charge in [-0.2, -0.15) is 5.10 Å². The summed E-state index contributed by atoms with van der Waals surface area (Å²) < 4.78 is 5.01. The minimum atomic E-state index is 0.0101. The quantitative estimate of drug-likeness (QED) is 0.636. The maximum absolute atomic E-state index is 12.4. The zero-order valence-corrected chi connectivity index (χ0v) is 14.7. The SMILES string of the molecule is COc1ccc(/C=N/NC(=O)CC23CC4CC(CC(C4)C2)C3)cc1O. The number of hydrazone groups is 1. The number of aromatic hydroxyl groups is 1. The van der Waals surface area contributed by atoms with Crippen molar-refractivity contribution in [1.82, 2.24) is 5.43 Å². The largest absolute Gasteiger partial charge is 0.504 e. The number of hydrogen-bond donors (Lipinski definition) is 2. The van der Waals surface area contributed by atoms with Gasteiger partial charge >= 0.3 is 0 Å². The Labute approximate surface area is 148 Å². The first-order chi connectivity index (χ1) is 12.0. The minimum absolute atomic E-state index is 0.0101. The number of rotatable bonds is 5. The number of methoxy groups -OCH3 is 1. The first-order valence-corrected chi connectivity index (χ1v) is 9.24. The Hall–Kier alpha value is -2.04. The van der Waals surface area contributed by atoms with Crippen LogP contribution in [0.5, 0.6) is 11.5 Å². The molecule has 5 rings (SSSR count). The van der Waals surface area contributed by atoms with Gasteiger partial charge in [-0.3, -0.25) is 4.79 Å². The van der Waals surface area contributed by atoms with Crippen LogP contribution >= 0.6 is 0 Å². The van der Waals surface area contributed by atoms with Gasteiger partial charge in [0.15, 0.2) is 11.5 Å². The highest BCUT2D eigenvalue weighted by Gasteiger charge is 2.51. The zero-order valence-electron chi connectivity index (χ0n) is 14.7. The van der Waals surface area contributed by atoms with Gasteiger partial charge in [-0.25, -0.2) is 5.43 Å². The van der Waals surface area contributed by atoms with Gasteiger partial charge in [-0.15, -0.1) is 0 Å². The fraction of sp³-hybridized carbons (Fsp3) is 0.600. The molecule has 0 atom stereocenters. The Morgan fingerprint density at radius 1 is 1.28 bits per heavy atom. The third kappa shape index (κ3) is 3.37. The van der Waals surface area contributed by atoms with Crippen LogP contribution in [0.25, 0.3) is 0 Å². The average Bonchev–Trinajstić information content (AvgIpc) is 2.53. The van der Waals surface area contributed by atoms with E-state index in [9.17, 15) is 9.90 Å². The van der Waals surface area contributed by atoms with Crippen molar-refractivity contribution >= 4 is 12.1 Å². The molecule has 4 fully saturated rings. The summed E-state index contributed by atoms with van der Waals surface area (Å²) >= 11 is 0. The number of benzene rings is 1. The Kier molecular flexibility index (Phi) is 4.18. The molecule has 0 aliphatic heterocycles. The van der Waals surface area contributed by atoms with Gasteiger partial charge < -0.3 is 9.84 Å². The smallest absolute Gasteiger partial charge is 0.240 e. The summed E-state index contributed by atoms with van der Waals surface area (Å²) in [6.45, 7) is 0. The van der Waals surface area contributed by atoms with Crippen molar-refractivity contribution in [2.24, 2.45) is 28.3 Å². The molecular formula is C20H26N2O3. The topological polar surface area (TPSA) is 70.9 Å². The monoisotopic (exact) mass is 342 g/mol. The summed E-state index contributed by atoms with van der Waals surface area (Å²) in [6, 6.07) is 5.02. The third-order valence-corrected chi connectivity index (χ3v) is 6.31. The van der Waals surface area contributed by atoms with E-state index in [-0.39, 0.29) is 17.1 Å². The lowest BCUT2D eigenvalue weighted by molar-refractivity contribution is -0.129. The first-order valence-electron chi connectivity index (χ1n) is 9.24. The molecule has 134 valence electrons. The van der Waals surface area contributed by atoms with Crippen molar-refractivity contribution in [3.05, 3.63) is 23.8 Å². The standard InChI is InChI=1S/C20H26N2O3/c1-25-18-3-2-13(7-17(18)23)12-21-22-19(24)11-20-8-14-4-15(9-20)6-16(5-14)10-20/h2-3,7,12,14-16,23H,4-6,8-11H2,1H3,(H,22,24)/b21-12+. The Balaban J connectivity index is 1.34. The van der Waals surface area contributed by atoms with Crippen LogP contribution in [-0.4, -0.2) is 24.3 Å². The molecule has 0 saturated heterocycles. The van der Waals surface area contributed by atoms with Gasteiger partial charge in [0.05, 0.1) is 13.3 Å². The highest BCUT2D eigenvalue weighted by molar-refractivity contribution is 5.83. The first kappa shape index (κ1) is 16.4. The second kappa shape index (κ2) is 6.36. The second-order valence-corrected chi connectivity index (χ2v) is 8.32. The summed E-state index contributed by atoms with van der Waals surface area (Å²) in [4.78, 5) is 12.4. The second-order valence-electron chi connectivity index (χ2n) is 8.32.